The summed E-state index contributed by atoms with van der Waals surface area (Å²) in [5.41, 5.74) is 0.424. The van der Waals surface area contributed by atoms with E-state index in [9.17, 15) is 15.0 Å². The second-order valence-electron chi connectivity index (χ2n) is 9.86. The number of aliphatic hydroxyl groups excluding tert-OH is 1. The number of hydrogen-bond acceptors (Lipinski definition) is 4. The lowest BCUT2D eigenvalue weighted by Crippen LogP contribution is -2.61. The van der Waals surface area contributed by atoms with E-state index in [-0.39, 0.29) is 41.2 Å². The van der Waals surface area contributed by atoms with Gasteiger partial charge in [0.15, 0.2) is 5.78 Å². The Morgan fingerprint density at radius 3 is 2.69 bits per heavy atom. The molecule has 4 aliphatic carbocycles. The van der Waals surface area contributed by atoms with Crippen molar-refractivity contribution >= 4 is 5.78 Å². The van der Waals surface area contributed by atoms with Crippen molar-refractivity contribution in [1.29, 1.82) is 0 Å². The number of methoxy groups -OCH3 is 1. The number of rotatable bonds is 3. The lowest BCUT2D eigenvalue weighted by atomic mass is 9.45. The zero-order valence-corrected chi connectivity index (χ0v) is 16.5. The fourth-order valence-electron chi connectivity index (χ4n) is 7.37. The van der Waals surface area contributed by atoms with Crippen molar-refractivity contribution in [1.82, 2.24) is 0 Å². The van der Waals surface area contributed by atoms with Crippen LogP contribution in [-0.2, 0) is 9.53 Å². The van der Waals surface area contributed by atoms with E-state index < -0.39 is 5.60 Å². The van der Waals surface area contributed by atoms with Gasteiger partial charge in [0.2, 0.25) is 0 Å². The molecule has 3 fully saturated rings. The van der Waals surface area contributed by atoms with Crippen LogP contribution in [0.15, 0.2) is 11.6 Å². The molecule has 0 unspecified atom stereocenters. The molecule has 0 radical (unpaired) electrons. The zero-order valence-electron chi connectivity index (χ0n) is 16.5. The SMILES string of the molecule is COCC(=O)[C@H]1CC[C@]2(O)[C@@H]3CC=C4C[C@@H](O)CC[C@]4(C)[C@H]3CC[C@]12C. The van der Waals surface area contributed by atoms with Crippen molar-refractivity contribution in [2.75, 3.05) is 13.7 Å². The number of hydrogen-bond donors (Lipinski definition) is 2. The third-order valence-corrected chi connectivity index (χ3v) is 8.94. The number of aliphatic hydroxyl groups is 2. The van der Waals surface area contributed by atoms with E-state index in [4.69, 9.17) is 4.74 Å². The van der Waals surface area contributed by atoms with Crippen LogP contribution in [0.2, 0.25) is 0 Å². The fourth-order valence-corrected chi connectivity index (χ4v) is 7.37. The highest BCUT2D eigenvalue weighted by Crippen LogP contribution is 2.67. The Bertz CT molecular complexity index is 628. The minimum absolute atomic E-state index is 0.0836. The first kappa shape index (κ1) is 18.6. The minimum atomic E-state index is -0.759. The number of carbonyl (C=O) groups excluding carboxylic acids is 1. The largest absolute Gasteiger partial charge is 0.393 e. The zero-order chi connectivity index (χ0) is 18.7. The van der Waals surface area contributed by atoms with Gasteiger partial charge in [0.1, 0.15) is 6.61 Å². The molecule has 4 heteroatoms. The first-order valence-corrected chi connectivity index (χ1v) is 10.4. The van der Waals surface area contributed by atoms with Gasteiger partial charge in [0, 0.05) is 18.4 Å². The molecule has 146 valence electrons. The highest BCUT2D eigenvalue weighted by Gasteiger charge is 2.67. The van der Waals surface area contributed by atoms with Gasteiger partial charge in [0.05, 0.1) is 11.7 Å². The topological polar surface area (TPSA) is 66.8 Å². The van der Waals surface area contributed by atoms with Crippen LogP contribution < -0.4 is 0 Å². The van der Waals surface area contributed by atoms with E-state index in [0.29, 0.717) is 5.92 Å². The minimum Gasteiger partial charge on any atom is -0.393 e. The molecule has 2 N–H and O–H groups in total. The van der Waals surface area contributed by atoms with Gasteiger partial charge < -0.3 is 14.9 Å². The molecule has 0 aromatic rings. The summed E-state index contributed by atoms with van der Waals surface area (Å²) < 4.78 is 5.11. The van der Waals surface area contributed by atoms with E-state index in [2.05, 4.69) is 19.9 Å². The summed E-state index contributed by atoms with van der Waals surface area (Å²) in [6.07, 6.45) is 9.17. The summed E-state index contributed by atoms with van der Waals surface area (Å²) >= 11 is 0. The van der Waals surface area contributed by atoms with Gasteiger partial charge >= 0.3 is 0 Å². The van der Waals surface area contributed by atoms with E-state index in [1.165, 1.54) is 5.57 Å². The lowest BCUT2D eigenvalue weighted by Gasteiger charge is -2.61. The number of fused-ring (bicyclic) bond motifs is 5. The predicted octanol–water partition coefficient (Wildman–Crippen LogP) is 3.26. The third kappa shape index (κ3) is 2.34. The number of Topliss-reactive ketones (excluding diaryl/α,β-unsaturated/α-hetero) is 1. The molecule has 26 heavy (non-hydrogen) atoms. The molecule has 3 saturated carbocycles. The maximum absolute atomic E-state index is 12.7. The molecule has 0 heterocycles. The van der Waals surface area contributed by atoms with Crippen molar-refractivity contribution in [2.45, 2.75) is 76.9 Å². The van der Waals surface area contributed by atoms with Crippen molar-refractivity contribution in [3.05, 3.63) is 11.6 Å². The Labute approximate surface area is 157 Å². The molecular weight excluding hydrogens is 328 g/mol. The Hall–Kier alpha value is -0.710. The lowest BCUT2D eigenvalue weighted by molar-refractivity contribution is -0.182. The number of carbonyl (C=O) groups is 1. The monoisotopic (exact) mass is 362 g/mol. The average molecular weight is 363 g/mol. The molecule has 0 bridgehead atoms. The van der Waals surface area contributed by atoms with E-state index in [0.717, 1.165) is 51.4 Å². The van der Waals surface area contributed by atoms with Crippen LogP contribution in [-0.4, -0.2) is 41.4 Å². The van der Waals surface area contributed by atoms with Crippen molar-refractivity contribution in [3.63, 3.8) is 0 Å². The van der Waals surface area contributed by atoms with E-state index in [1.807, 2.05) is 0 Å². The Kier molecular flexibility index (Phi) is 4.41. The van der Waals surface area contributed by atoms with Crippen molar-refractivity contribution in [3.8, 4) is 0 Å². The van der Waals surface area contributed by atoms with E-state index in [1.54, 1.807) is 7.11 Å². The summed E-state index contributed by atoms with van der Waals surface area (Å²) in [7, 11) is 1.57. The number of ketones is 1. The summed E-state index contributed by atoms with van der Waals surface area (Å²) in [5.74, 6) is 0.762. The molecule has 0 amide bonds. The first-order chi connectivity index (χ1) is 12.3. The van der Waals surface area contributed by atoms with Crippen molar-refractivity contribution < 1.29 is 19.7 Å². The van der Waals surface area contributed by atoms with Gasteiger partial charge in [0.25, 0.3) is 0 Å². The summed E-state index contributed by atoms with van der Waals surface area (Å²) in [4.78, 5) is 12.7. The standard InChI is InChI=1S/C22H34O4/c1-20-9-6-15(23)12-14(20)4-5-17-16(20)7-10-21(2)18(19(24)13-26-3)8-11-22(17,21)25/h4,15-18,23,25H,5-13H2,1-3H3/t15-,16-,17+,18+,20-,21+,22-/m0/s1. The van der Waals surface area contributed by atoms with Crippen LogP contribution in [0.3, 0.4) is 0 Å². The van der Waals surface area contributed by atoms with E-state index >= 15 is 0 Å². The summed E-state index contributed by atoms with van der Waals surface area (Å²) in [5, 5.41) is 22.0. The Morgan fingerprint density at radius 2 is 1.96 bits per heavy atom. The van der Waals surface area contributed by atoms with Crippen LogP contribution in [0, 0.1) is 28.6 Å². The van der Waals surface area contributed by atoms with Gasteiger partial charge in [-0.15, -0.1) is 0 Å². The normalized spacial score (nSPS) is 50.4. The second kappa shape index (κ2) is 6.15. The highest BCUT2D eigenvalue weighted by molar-refractivity contribution is 5.83. The van der Waals surface area contributed by atoms with Crippen LogP contribution in [0.25, 0.3) is 0 Å². The van der Waals surface area contributed by atoms with Gasteiger partial charge in [-0.3, -0.25) is 4.79 Å². The first-order valence-electron chi connectivity index (χ1n) is 10.4. The van der Waals surface area contributed by atoms with Crippen LogP contribution in [0.4, 0.5) is 0 Å². The van der Waals surface area contributed by atoms with Gasteiger partial charge in [-0.2, -0.15) is 0 Å². The molecule has 0 saturated heterocycles. The second-order valence-corrected chi connectivity index (χ2v) is 9.86. The molecule has 0 spiro atoms. The Morgan fingerprint density at radius 1 is 1.19 bits per heavy atom. The molecule has 7 atom stereocenters. The third-order valence-electron chi connectivity index (χ3n) is 8.94. The maximum atomic E-state index is 12.7. The number of allylic oxidation sites excluding steroid dienone is 1. The molecule has 4 rings (SSSR count). The molecule has 0 aromatic heterocycles. The van der Waals surface area contributed by atoms with Crippen LogP contribution in [0.5, 0.6) is 0 Å². The molecule has 4 nitrogen and oxygen atoms in total. The number of ether oxygens (including phenoxy) is 1. The van der Waals surface area contributed by atoms with Gasteiger partial charge in [-0.1, -0.05) is 25.5 Å². The summed E-state index contributed by atoms with van der Waals surface area (Å²) in [6, 6.07) is 0. The van der Waals surface area contributed by atoms with Crippen LogP contribution in [0.1, 0.15) is 65.2 Å². The molecule has 0 aromatic carbocycles. The average Bonchev–Trinajstić information content (AvgIpc) is 2.87. The van der Waals surface area contributed by atoms with Gasteiger partial charge in [-0.05, 0) is 68.6 Å². The highest BCUT2D eigenvalue weighted by atomic mass is 16.5. The quantitative estimate of drug-likeness (QED) is 0.756. The summed E-state index contributed by atoms with van der Waals surface area (Å²) in [6.45, 7) is 4.67. The Balaban J connectivity index is 1.67. The smallest absolute Gasteiger partial charge is 0.162 e. The maximum Gasteiger partial charge on any atom is 0.162 e. The predicted molar refractivity (Wildman–Crippen MR) is 99.5 cm³/mol. The molecule has 0 aliphatic heterocycles. The fraction of sp³-hybridized carbons (Fsp3) is 0.864. The van der Waals surface area contributed by atoms with Crippen molar-refractivity contribution in [2.24, 2.45) is 28.6 Å². The van der Waals surface area contributed by atoms with Gasteiger partial charge in [-0.25, -0.2) is 0 Å². The molecular formula is C22H34O4. The molecule has 4 aliphatic rings. The van der Waals surface area contributed by atoms with Crippen LogP contribution >= 0.6 is 0 Å².